The molecule has 1 N–H and O–H groups in total. The van der Waals surface area contributed by atoms with Crippen molar-refractivity contribution >= 4 is 22.8 Å². The van der Waals surface area contributed by atoms with Crippen LogP contribution in [0, 0.1) is 0 Å². The average Bonchev–Trinajstić information content (AvgIpc) is 3.30. The molecule has 3 aromatic rings. The molecule has 10 nitrogen and oxygen atoms in total. The molecule has 0 saturated heterocycles. The van der Waals surface area contributed by atoms with E-state index in [9.17, 15) is 14.4 Å². The predicted molar refractivity (Wildman–Crippen MR) is 96.1 cm³/mol. The number of hydrogen-bond acceptors (Lipinski definition) is 6. The highest BCUT2D eigenvalue weighted by molar-refractivity contribution is 5.94. The summed E-state index contributed by atoms with van der Waals surface area (Å²) in [7, 11) is 2.91. The smallest absolute Gasteiger partial charge is 0.332 e. The molecule has 1 aliphatic heterocycles. The number of amides is 1. The van der Waals surface area contributed by atoms with Crippen molar-refractivity contribution in [2.45, 2.75) is 13.0 Å². The van der Waals surface area contributed by atoms with Crippen LogP contribution in [0.3, 0.4) is 0 Å². The molecule has 0 fully saturated rings. The van der Waals surface area contributed by atoms with E-state index in [1.54, 1.807) is 25.1 Å². The Morgan fingerprint density at radius 3 is 2.70 bits per heavy atom. The molecule has 27 heavy (non-hydrogen) atoms. The lowest BCUT2D eigenvalue weighted by atomic mass is 10.2. The molecular formula is C17H17N5O5. The van der Waals surface area contributed by atoms with Gasteiger partial charge in [0.05, 0.1) is 6.33 Å². The first-order valence-corrected chi connectivity index (χ1v) is 8.21. The van der Waals surface area contributed by atoms with Gasteiger partial charge in [-0.25, -0.2) is 9.78 Å². The number of carbonyl (C=O) groups excluding carboxylic acids is 1. The van der Waals surface area contributed by atoms with E-state index in [1.807, 2.05) is 0 Å². The van der Waals surface area contributed by atoms with E-state index in [4.69, 9.17) is 9.47 Å². The highest BCUT2D eigenvalue weighted by Crippen LogP contribution is 2.34. The molecule has 0 saturated carbocycles. The molecule has 1 atom stereocenters. The molecule has 1 aliphatic rings. The zero-order valence-corrected chi connectivity index (χ0v) is 14.9. The number of aryl methyl sites for hydroxylation is 1. The van der Waals surface area contributed by atoms with Gasteiger partial charge in [-0.1, -0.05) is 0 Å². The van der Waals surface area contributed by atoms with E-state index < -0.39 is 17.3 Å². The van der Waals surface area contributed by atoms with Crippen LogP contribution in [0.5, 0.6) is 11.5 Å². The lowest BCUT2D eigenvalue weighted by molar-refractivity contribution is -0.118. The van der Waals surface area contributed by atoms with E-state index in [0.29, 0.717) is 17.2 Å². The second-order valence-corrected chi connectivity index (χ2v) is 6.26. The Hall–Kier alpha value is -3.56. The number of rotatable bonds is 3. The van der Waals surface area contributed by atoms with Gasteiger partial charge in [-0.05, 0) is 19.1 Å². The van der Waals surface area contributed by atoms with Gasteiger partial charge in [-0.3, -0.25) is 18.7 Å². The summed E-state index contributed by atoms with van der Waals surface area (Å²) in [6.45, 7) is 1.79. The molecular weight excluding hydrogens is 354 g/mol. The number of nitrogens with one attached hydrogen (secondary N) is 1. The fourth-order valence-corrected chi connectivity index (χ4v) is 3.01. The Morgan fingerprint density at radius 2 is 1.93 bits per heavy atom. The number of ether oxygens (including phenoxy) is 2. The number of hydrogen-bond donors (Lipinski definition) is 1. The minimum Gasteiger partial charge on any atom is -0.454 e. The van der Waals surface area contributed by atoms with Crippen molar-refractivity contribution in [2.75, 3.05) is 12.1 Å². The van der Waals surface area contributed by atoms with Crippen LogP contribution in [-0.4, -0.2) is 31.4 Å². The monoisotopic (exact) mass is 371 g/mol. The molecule has 4 rings (SSSR count). The third kappa shape index (κ3) is 2.57. The minimum absolute atomic E-state index is 0.145. The Bertz CT molecular complexity index is 1190. The van der Waals surface area contributed by atoms with Gasteiger partial charge in [0, 0.05) is 25.8 Å². The van der Waals surface area contributed by atoms with Crippen molar-refractivity contribution in [1.29, 1.82) is 0 Å². The second kappa shape index (κ2) is 6.01. The largest absolute Gasteiger partial charge is 0.454 e. The number of aromatic nitrogens is 4. The van der Waals surface area contributed by atoms with Gasteiger partial charge in [-0.15, -0.1) is 0 Å². The maximum absolute atomic E-state index is 12.7. The molecule has 0 aliphatic carbocycles. The fraction of sp³-hybridized carbons (Fsp3) is 0.294. The number of fused-ring (bicyclic) bond motifs is 2. The molecule has 0 radical (unpaired) electrons. The molecule has 1 aromatic carbocycles. The third-order valence-electron chi connectivity index (χ3n) is 4.61. The van der Waals surface area contributed by atoms with Gasteiger partial charge >= 0.3 is 5.69 Å². The SMILES string of the molecule is C[C@H](C(=O)Nc1ccc2c(c1)OCO2)n1cnc2c1c(=O)n(C)c(=O)n2C. The van der Waals surface area contributed by atoms with Gasteiger partial charge in [0.1, 0.15) is 6.04 Å². The summed E-state index contributed by atoms with van der Waals surface area (Å²) in [6.07, 6.45) is 1.38. The van der Waals surface area contributed by atoms with E-state index in [1.165, 1.54) is 29.6 Å². The van der Waals surface area contributed by atoms with Crippen LogP contribution in [0.4, 0.5) is 5.69 Å². The van der Waals surface area contributed by atoms with Crippen LogP contribution in [0.15, 0.2) is 34.1 Å². The van der Waals surface area contributed by atoms with Gasteiger partial charge < -0.3 is 19.4 Å². The molecule has 0 spiro atoms. The van der Waals surface area contributed by atoms with Crippen LogP contribution < -0.4 is 26.0 Å². The Morgan fingerprint density at radius 1 is 1.19 bits per heavy atom. The van der Waals surface area contributed by atoms with Crippen LogP contribution in [0.1, 0.15) is 13.0 Å². The quantitative estimate of drug-likeness (QED) is 0.712. The van der Waals surface area contributed by atoms with Crippen molar-refractivity contribution < 1.29 is 14.3 Å². The molecule has 140 valence electrons. The highest BCUT2D eigenvalue weighted by Gasteiger charge is 2.22. The summed E-state index contributed by atoms with van der Waals surface area (Å²) in [5.74, 6) is 0.826. The van der Waals surface area contributed by atoms with Crippen LogP contribution in [-0.2, 0) is 18.9 Å². The summed E-state index contributed by atoms with van der Waals surface area (Å²) in [5.41, 5.74) is -0.0249. The summed E-state index contributed by atoms with van der Waals surface area (Å²) in [4.78, 5) is 41.4. The van der Waals surface area contributed by atoms with Crippen LogP contribution in [0.2, 0.25) is 0 Å². The number of carbonyl (C=O) groups is 1. The van der Waals surface area contributed by atoms with Crippen LogP contribution in [0.25, 0.3) is 11.2 Å². The predicted octanol–water partition coefficient (Wildman–Crippen LogP) is 0.362. The number of anilines is 1. The number of nitrogens with zero attached hydrogens (tertiary/aromatic N) is 4. The van der Waals surface area contributed by atoms with Crippen molar-refractivity contribution in [3.05, 3.63) is 45.4 Å². The maximum atomic E-state index is 12.7. The molecule has 0 unspecified atom stereocenters. The molecule has 2 aromatic heterocycles. The Labute approximate surface area is 152 Å². The van der Waals surface area contributed by atoms with Crippen molar-refractivity contribution in [2.24, 2.45) is 14.1 Å². The van der Waals surface area contributed by atoms with Crippen LogP contribution >= 0.6 is 0 Å². The zero-order valence-electron chi connectivity index (χ0n) is 14.9. The Kier molecular flexibility index (Phi) is 3.76. The molecule has 1 amide bonds. The van der Waals surface area contributed by atoms with Gasteiger partial charge in [0.2, 0.25) is 12.7 Å². The van der Waals surface area contributed by atoms with Gasteiger partial charge in [0.15, 0.2) is 22.7 Å². The first-order chi connectivity index (χ1) is 12.9. The average molecular weight is 371 g/mol. The lowest BCUT2D eigenvalue weighted by Crippen LogP contribution is -2.38. The van der Waals surface area contributed by atoms with E-state index >= 15 is 0 Å². The normalized spacial score (nSPS) is 13.7. The molecule has 3 heterocycles. The van der Waals surface area contributed by atoms with E-state index in [0.717, 1.165) is 4.57 Å². The zero-order chi connectivity index (χ0) is 19.3. The molecule has 10 heteroatoms. The maximum Gasteiger partial charge on any atom is 0.332 e. The fourth-order valence-electron chi connectivity index (χ4n) is 3.01. The molecule has 0 bridgehead atoms. The topological polar surface area (TPSA) is 109 Å². The first kappa shape index (κ1) is 16.9. The van der Waals surface area contributed by atoms with Crippen molar-refractivity contribution in [3.8, 4) is 11.5 Å². The summed E-state index contributed by atoms with van der Waals surface area (Å²) >= 11 is 0. The minimum atomic E-state index is -0.731. The van der Waals surface area contributed by atoms with Crippen molar-refractivity contribution in [1.82, 2.24) is 18.7 Å². The van der Waals surface area contributed by atoms with Gasteiger partial charge in [0.25, 0.3) is 5.56 Å². The lowest BCUT2D eigenvalue weighted by Gasteiger charge is -2.15. The second-order valence-electron chi connectivity index (χ2n) is 6.26. The number of imidazole rings is 1. The standard InChI is InChI=1S/C17H17N5O5/c1-9(15(23)19-10-4-5-11-12(6-10)27-8-26-11)22-7-18-14-13(22)16(24)21(3)17(25)20(14)2/h4-7,9H,8H2,1-3H3,(H,19,23)/t9-/m1/s1. The third-order valence-corrected chi connectivity index (χ3v) is 4.61. The Balaban J connectivity index is 1.68. The first-order valence-electron chi connectivity index (χ1n) is 8.21. The van der Waals surface area contributed by atoms with Gasteiger partial charge in [-0.2, -0.15) is 0 Å². The summed E-state index contributed by atoms with van der Waals surface area (Å²) in [5, 5.41) is 2.78. The van der Waals surface area contributed by atoms with E-state index in [2.05, 4.69) is 10.3 Å². The van der Waals surface area contributed by atoms with E-state index in [-0.39, 0.29) is 23.9 Å². The summed E-state index contributed by atoms with van der Waals surface area (Å²) in [6, 6.07) is 4.35. The number of benzene rings is 1. The van der Waals surface area contributed by atoms with Crippen molar-refractivity contribution in [3.63, 3.8) is 0 Å². The summed E-state index contributed by atoms with van der Waals surface area (Å²) < 4.78 is 14.3. The highest BCUT2D eigenvalue weighted by atomic mass is 16.7.